The Morgan fingerprint density at radius 1 is 1.28 bits per heavy atom. The summed E-state index contributed by atoms with van der Waals surface area (Å²) in [7, 11) is -2.56. The monoisotopic (exact) mass is 363 g/mol. The van der Waals surface area contributed by atoms with Crippen LogP contribution in [0.2, 0.25) is 0 Å². The van der Waals surface area contributed by atoms with Gasteiger partial charge in [-0.15, -0.1) is 0 Å². The molecule has 0 aliphatic carbocycles. The fourth-order valence-corrected chi connectivity index (χ4v) is 3.39. The SMILES string of the molecule is CCC(C)NC(=O)c1ccccc1S(=O)(=O)Nc1cnccc1OC. The van der Waals surface area contributed by atoms with Crippen molar-refractivity contribution in [2.45, 2.75) is 31.2 Å². The van der Waals surface area contributed by atoms with E-state index in [2.05, 4.69) is 15.0 Å². The molecular weight excluding hydrogens is 342 g/mol. The number of aromatic nitrogens is 1. The van der Waals surface area contributed by atoms with E-state index in [1.807, 2.05) is 13.8 Å². The number of nitrogens with zero attached hydrogens (tertiary/aromatic N) is 1. The molecule has 1 heterocycles. The second kappa shape index (κ2) is 7.98. The van der Waals surface area contributed by atoms with Crippen molar-refractivity contribution in [2.75, 3.05) is 11.8 Å². The van der Waals surface area contributed by atoms with Gasteiger partial charge >= 0.3 is 0 Å². The molecule has 8 heteroatoms. The molecule has 2 N–H and O–H groups in total. The summed E-state index contributed by atoms with van der Waals surface area (Å²) in [5.74, 6) is -0.103. The van der Waals surface area contributed by atoms with Gasteiger partial charge in [0, 0.05) is 18.3 Å². The van der Waals surface area contributed by atoms with Crippen molar-refractivity contribution in [3.8, 4) is 5.75 Å². The maximum absolute atomic E-state index is 12.8. The van der Waals surface area contributed by atoms with E-state index in [0.29, 0.717) is 5.75 Å². The fraction of sp³-hybridized carbons (Fsp3) is 0.294. The number of sulfonamides is 1. The number of carbonyl (C=O) groups is 1. The van der Waals surface area contributed by atoms with Gasteiger partial charge in [-0.25, -0.2) is 8.42 Å². The molecule has 7 nitrogen and oxygen atoms in total. The van der Waals surface area contributed by atoms with Crippen LogP contribution in [0.4, 0.5) is 5.69 Å². The zero-order chi connectivity index (χ0) is 18.4. The van der Waals surface area contributed by atoms with E-state index in [1.165, 1.54) is 31.6 Å². The highest BCUT2D eigenvalue weighted by atomic mass is 32.2. The maximum atomic E-state index is 12.8. The van der Waals surface area contributed by atoms with Crippen molar-refractivity contribution in [1.29, 1.82) is 0 Å². The van der Waals surface area contributed by atoms with Crippen molar-refractivity contribution in [3.63, 3.8) is 0 Å². The molecule has 0 bridgehead atoms. The first-order chi connectivity index (χ1) is 11.9. The molecule has 1 atom stereocenters. The van der Waals surface area contributed by atoms with Gasteiger partial charge in [-0.2, -0.15) is 0 Å². The molecule has 0 radical (unpaired) electrons. The number of hydrogen-bond acceptors (Lipinski definition) is 5. The average Bonchev–Trinajstić information content (AvgIpc) is 2.61. The molecule has 1 aromatic carbocycles. The lowest BCUT2D eigenvalue weighted by Gasteiger charge is -2.15. The van der Waals surface area contributed by atoms with E-state index in [0.717, 1.165) is 6.42 Å². The number of anilines is 1. The first kappa shape index (κ1) is 18.7. The average molecular weight is 363 g/mol. The second-order valence-electron chi connectivity index (χ2n) is 5.46. The molecule has 2 rings (SSSR count). The van der Waals surface area contributed by atoms with Crippen molar-refractivity contribution in [2.24, 2.45) is 0 Å². The second-order valence-corrected chi connectivity index (χ2v) is 7.11. The third-order valence-corrected chi connectivity index (χ3v) is 5.08. The lowest BCUT2D eigenvalue weighted by Crippen LogP contribution is -2.33. The molecule has 0 aliphatic rings. The number of nitrogens with one attached hydrogen (secondary N) is 2. The van der Waals surface area contributed by atoms with E-state index in [9.17, 15) is 13.2 Å². The first-order valence-corrected chi connectivity index (χ1v) is 9.28. The van der Waals surface area contributed by atoms with Crippen LogP contribution >= 0.6 is 0 Å². The van der Waals surface area contributed by atoms with Crippen molar-refractivity contribution in [3.05, 3.63) is 48.3 Å². The Hall–Kier alpha value is -2.61. The lowest BCUT2D eigenvalue weighted by molar-refractivity contribution is 0.0936. The maximum Gasteiger partial charge on any atom is 0.262 e. The highest BCUT2D eigenvalue weighted by molar-refractivity contribution is 7.92. The molecule has 0 spiro atoms. The van der Waals surface area contributed by atoms with Crippen LogP contribution in [0.1, 0.15) is 30.6 Å². The van der Waals surface area contributed by atoms with Crippen LogP contribution in [0.15, 0.2) is 47.6 Å². The number of rotatable bonds is 7. The van der Waals surface area contributed by atoms with Gasteiger partial charge < -0.3 is 10.1 Å². The van der Waals surface area contributed by atoms with Crippen LogP contribution in [0.5, 0.6) is 5.75 Å². The Balaban J connectivity index is 2.38. The van der Waals surface area contributed by atoms with Gasteiger partial charge in [-0.05, 0) is 25.5 Å². The number of hydrogen-bond donors (Lipinski definition) is 2. The van der Waals surface area contributed by atoms with Gasteiger partial charge in [0.05, 0.1) is 18.9 Å². The van der Waals surface area contributed by atoms with Crippen molar-refractivity contribution in [1.82, 2.24) is 10.3 Å². The van der Waals surface area contributed by atoms with Gasteiger partial charge in [0.1, 0.15) is 16.3 Å². The Morgan fingerprint density at radius 2 is 2.00 bits per heavy atom. The molecule has 0 saturated heterocycles. The number of benzene rings is 1. The quantitative estimate of drug-likeness (QED) is 0.787. The first-order valence-electron chi connectivity index (χ1n) is 7.79. The van der Waals surface area contributed by atoms with Crippen LogP contribution < -0.4 is 14.8 Å². The fourth-order valence-electron chi connectivity index (χ4n) is 2.13. The molecular formula is C17H21N3O4S. The highest BCUT2D eigenvalue weighted by Crippen LogP contribution is 2.26. The van der Waals surface area contributed by atoms with E-state index in [-0.39, 0.29) is 22.2 Å². The Morgan fingerprint density at radius 3 is 2.68 bits per heavy atom. The predicted molar refractivity (Wildman–Crippen MR) is 95.3 cm³/mol. The summed E-state index contributed by atoms with van der Waals surface area (Å²) in [6.07, 6.45) is 3.58. The van der Waals surface area contributed by atoms with Crippen molar-refractivity contribution < 1.29 is 17.9 Å². The summed E-state index contributed by atoms with van der Waals surface area (Å²) in [5.41, 5.74) is 0.278. The summed E-state index contributed by atoms with van der Waals surface area (Å²) in [5, 5.41) is 2.78. The molecule has 25 heavy (non-hydrogen) atoms. The summed E-state index contributed by atoms with van der Waals surface area (Å²) in [4.78, 5) is 16.2. The number of methoxy groups -OCH3 is 1. The minimum Gasteiger partial charge on any atom is -0.494 e. The number of amides is 1. The van der Waals surface area contributed by atoms with Gasteiger partial charge in [0.15, 0.2) is 0 Å². The number of carbonyl (C=O) groups excluding carboxylic acids is 1. The minimum absolute atomic E-state index is 0.0605. The van der Waals surface area contributed by atoms with Gasteiger partial charge in [-0.3, -0.25) is 14.5 Å². The Labute approximate surface area is 147 Å². The normalized spacial score (nSPS) is 12.3. The molecule has 0 fully saturated rings. The smallest absolute Gasteiger partial charge is 0.262 e. The van der Waals surface area contributed by atoms with Crippen LogP contribution in [-0.4, -0.2) is 32.5 Å². The lowest BCUT2D eigenvalue weighted by atomic mass is 10.2. The standard InChI is InChI=1S/C17H21N3O4S/c1-4-12(2)19-17(21)13-7-5-6-8-16(13)25(22,23)20-14-11-18-10-9-15(14)24-3/h5-12,20H,4H2,1-3H3,(H,19,21). The van der Waals surface area contributed by atoms with Crippen LogP contribution in [0.25, 0.3) is 0 Å². The summed E-state index contributed by atoms with van der Waals surface area (Å²) in [6.45, 7) is 3.79. The summed E-state index contributed by atoms with van der Waals surface area (Å²) < 4.78 is 33.1. The van der Waals surface area contributed by atoms with Crippen molar-refractivity contribution >= 4 is 21.6 Å². The van der Waals surface area contributed by atoms with E-state index in [1.54, 1.807) is 18.2 Å². The van der Waals surface area contributed by atoms with E-state index < -0.39 is 15.9 Å². The molecule has 0 saturated carbocycles. The zero-order valence-corrected chi connectivity index (χ0v) is 15.1. The van der Waals surface area contributed by atoms with E-state index >= 15 is 0 Å². The zero-order valence-electron chi connectivity index (χ0n) is 14.3. The highest BCUT2D eigenvalue weighted by Gasteiger charge is 2.23. The Kier molecular flexibility index (Phi) is 5.97. The third-order valence-electron chi connectivity index (χ3n) is 3.66. The number of ether oxygens (including phenoxy) is 1. The molecule has 2 aromatic rings. The molecule has 1 unspecified atom stereocenters. The summed E-state index contributed by atoms with van der Waals surface area (Å²) in [6, 6.07) is 7.53. The molecule has 134 valence electrons. The number of pyridine rings is 1. The van der Waals surface area contributed by atoms with Crippen LogP contribution in [0.3, 0.4) is 0 Å². The van der Waals surface area contributed by atoms with Crippen LogP contribution in [-0.2, 0) is 10.0 Å². The predicted octanol–water partition coefficient (Wildman–Crippen LogP) is 2.42. The minimum atomic E-state index is -3.99. The van der Waals surface area contributed by atoms with Crippen LogP contribution in [0, 0.1) is 0 Å². The third kappa shape index (κ3) is 4.48. The topological polar surface area (TPSA) is 97.4 Å². The molecule has 1 amide bonds. The van der Waals surface area contributed by atoms with Gasteiger partial charge in [0.25, 0.3) is 15.9 Å². The summed E-state index contributed by atoms with van der Waals surface area (Å²) >= 11 is 0. The molecule has 1 aromatic heterocycles. The van der Waals surface area contributed by atoms with E-state index in [4.69, 9.17) is 4.74 Å². The molecule has 0 aliphatic heterocycles. The largest absolute Gasteiger partial charge is 0.494 e. The van der Waals surface area contributed by atoms with Gasteiger partial charge in [0.2, 0.25) is 0 Å². The Bertz CT molecular complexity index is 852. The van der Waals surface area contributed by atoms with Gasteiger partial charge in [-0.1, -0.05) is 19.1 Å².